The molecule has 1 aromatic heterocycles. The Morgan fingerprint density at radius 2 is 2.05 bits per heavy atom. The molecule has 0 amide bonds. The first kappa shape index (κ1) is 16.5. The van der Waals surface area contributed by atoms with E-state index in [4.69, 9.17) is 11.6 Å². The molecule has 0 radical (unpaired) electrons. The summed E-state index contributed by atoms with van der Waals surface area (Å²) in [6, 6.07) is 0.304. The third kappa shape index (κ3) is 4.22. The van der Waals surface area contributed by atoms with Crippen molar-refractivity contribution < 1.29 is 0 Å². The number of unbranched alkanes of at least 4 members (excludes halogenated alkanes) is 1. The minimum atomic E-state index is 0.304. The van der Waals surface area contributed by atoms with E-state index in [0.717, 1.165) is 23.7 Å². The topological polar surface area (TPSA) is 29.9 Å². The Bertz CT molecular complexity index is 362. The molecule has 2 unspecified atom stereocenters. The molecule has 0 aliphatic rings. The largest absolute Gasteiger partial charge is 0.311 e. The molecule has 1 rings (SSSR count). The molecular weight excluding hydrogens is 258 g/mol. The van der Waals surface area contributed by atoms with Gasteiger partial charge in [-0.15, -0.1) is 0 Å². The highest BCUT2D eigenvalue weighted by atomic mass is 35.5. The van der Waals surface area contributed by atoms with E-state index in [-0.39, 0.29) is 0 Å². The molecule has 4 heteroatoms. The van der Waals surface area contributed by atoms with Gasteiger partial charge in [-0.2, -0.15) is 5.10 Å². The third-order valence-electron chi connectivity index (χ3n) is 3.80. The number of halogens is 1. The lowest BCUT2D eigenvalue weighted by Crippen LogP contribution is -2.28. The smallest absolute Gasteiger partial charge is 0.0834 e. The van der Waals surface area contributed by atoms with E-state index in [1.807, 2.05) is 7.05 Å². The highest BCUT2D eigenvalue weighted by Crippen LogP contribution is 2.33. The molecule has 0 aliphatic heterocycles. The molecule has 0 saturated heterocycles. The minimum absolute atomic E-state index is 0.304. The van der Waals surface area contributed by atoms with Crippen molar-refractivity contribution in [3.8, 4) is 0 Å². The van der Waals surface area contributed by atoms with Crippen LogP contribution in [0.4, 0.5) is 0 Å². The lowest BCUT2D eigenvalue weighted by atomic mass is 9.89. The highest BCUT2D eigenvalue weighted by molar-refractivity contribution is 6.31. The van der Waals surface area contributed by atoms with Crippen LogP contribution >= 0.6 is 11.6 Å². The first-order valence-electron chi connectivity index (χ1n) is 7.57. The fourth-order valence-electron chi connectivity index (χ4n) is 2.74. The third-order valence-corrected chi connectivity index (χ3v) is 4.09. The van der Waals surface area contributed by atoms with Crippen LogP contribution in [0.5, 0.6) is 0 Å². The van der Waals surface area contributed by atoms with Crippen LogP contribution in [0.2, 0.25) is 5.02 Å². The summed E-state index contributed by atoms with van der Waals surface area (Å²) < 4.78 is 2.07. The van der Waals surface area contributed by atoms with Gasteiger partial charge in [-0.25, -0.2) is 0 Å². The van der Waals surface area contributed by atoms with Gasteiger partial charge >= 0.3 is 0 Å². The van der Waals surface area contributed by atoms with Gasteiger partial charge in [-0.1, -0.05) is 51.6 Å². The highest BCUT2D eigenvalue weighted by Gasteiger charge is 2.25. The maximum atomic E-state index is 6.37. The van der Waals surface area contributed by atoms with Gasteiger partial charge < -0.3 is 5.32 Å². The summed E-state index contributed by atoms with van der Waals surface area (Å²) in [6.45, 7) is 7.61. The van der Waals surface area contributed by atoms with Gasteiger partial charge in [0.15, 0.2) is 0 Å². The van der Waals surface area contributed by atoms with E-state index in [0.29, 0.717) is 12.0 Å². The van der Waals surface area contributed by atoms with Crippen molar-refractivity contribution >= 4 is 11.6 Å². The average Bonchev–Trinajstić information content (AvgIpc) is 2.77. The number of hydrogen-bond donors (Lipinski definition) is 1. The quantitative estimate of drug-likeness (QED) is 0.728. The van der Waals surface area contributed by atoms with E-state index < -0.39 is 0 Å². The molecule has 2 atom stereocenters. The zero-order valence-electron chi connectivity index (χ0n) is 12.7. The van der Waals surface area contributed by atoms with Gasteiger partial charge in [0.2, 0.25) is 0 Å². The van der Waals surface area contributed by atoms with Crippen LogP contribution in [-0.2, 0) is 6.54 Å². The Morgan fingerprint density at radius 3 is 2.58 bits per heavy atom. The molecule has 0 aromatic carbocycles. The molecule has 0 aliphatic carbocycles. The van der Waals surface area contributed by atoms with Crippen molar-refractivity contribution in [2.24, 2.45) is 5.92 Å². The zero-order chi connectivity index (χ0) is 14.3. The second kappa shape index (κ2) is 8.60. The predicted molar refractivity (Wildman–Crippen MR) is 82.6 cm³/mol. The zero-order valence-corrected chi connectivity index (χ0v) is 13.5. The lowest BCUT2D eigenvalue weighted by molar-refractivity contribution is 0.321. The van der Waals surface area contributed by atoms with E-state index in [2.05, 4.69) is 35.9 Å². The summed E-state index contributed by atoms with van der Waals surface area (Å²) in [5.74, 6) is 0.620. The van der Waals surface area contributed by atoms with Crippen molar-refractivity contribution in [1.29, 1.82) is 0 Å². The maximum absolute atomic E-state index is 6.37. The number of hydrogen-bond acceptors (Lipinski definition) is 2. The number of aryl methyl sites for hydroxylation is 1. The number of rotatable bonds is 9. The molecule has 1 heterocycles. The Morgan fingerprint density at radius 1 is 1.32 bits per heavy atom. The molecular formula is C15H28ClN3. The Kier molecular flexibility index (Phi) is 7.47. The standard InChI is InChI=1S/C15H28ClN3/c1-5-8-9-12(7-3)14(17-4)15-13(16)11-18-19(15)10-6-2/h11-12,14,17H,5-10H2,1-4H3. The average molecular weight is 286 g/mol. The van der Waals surface area contributed by atoms with E-state index in [9.17, 15) is 0 Å². The number of aromatic nitrogens is 2. The molecule has 19 heavy (non-hydrogen) atoms. The molecule has 3 nitrogen and oxygen atoms in total. The van der Waals surface area contributed by atoms with E-state index in [1.165, 1.54) is 25.7 Å². The lowest BCUT2D eigenvalue weighted by Gasteiger charge is -2.27. The fourth-order valence-corrected chi connectivity index (χ4v) is 3.00. The first-order chi connectivity index (χ1) is 9.19. The summed E-state index contributed by atoms with van der Waals surface area (Å²) in [6.07, 6.45) is 7.78. The molecule has 1 aromatic rings. The molecule has 0 spiro atoms. The van der Waals surface area contributed by atoms with Crippen LogP contribution in [0.1, 0.15) is 64.6 Å². The van der Waals surface area contributed by atoms with Gasteiger partial charge in [-0.3, -0.25) is 4.68 Å². The Labute approximate surface area is 122 Å². The van der Waals surface area contributed by atoms with Crippen LogP contribution in [0, 0.1) is 5.92 Å². The fraction of sp³-hybridized carbons (Fsp3) is 0.800. The van der Waals surface area contributed by atoms with Gasteiger partial charge in [0.25, 0.3) is 0 Å². The summed E-state index contributed by atoms with van der Waals surface area (Å²) in [5.41, 5.74) is 1.16. The number of nitrogens with zero attached hydrogens (tertiary/aromatic N) is 2. The summed E-state index contributed by atoms with van der Waals surface area (Å²) in [4.78, 5) is 0. The molecule has 0 saturated carbocycles. The van der Waals surface area contributed by atoms with Gasteiger partial charge in [0.05, 0.1) is 23.0 Å². The Hall–Kier alpha value is -0.540. The summed E-state index contributed by atoms with van der Waals surface area (Å²) in [7, 11) is 2.03. The van der Waals surface area contributed by atoms with Crippen LogP contribution in [-0.4, -0.2) is 16.8 Å². The van der Waals surface area contributed by atoms with Crippen molar-refractivity contribution in [3.05, 3.63) is 16.9 Å². The van der Waals surface area contributed by atoms with Crippen molar-refractivity contribution in [1.82, 2.24) is 15.1 Å². The van der Waals surface area contributed by atoms with Crippen LogP contribution < -0.4 is 5.32 Å². The van der Waals surface area contributed by atoms with Crippen molar-refractivity contribution in [2.45, 2.75) is 65.5 Å². The second-order valence-corrected chi connectivity index (χ2v) is 5.58. The normalized spacial score (nSPS) is 14.6. The van der Waals surface area contributed by atoms with E-state index >= 15 is 0 Å². The molecule has 0 bridgehead atoms. The summed E-state index contributed by atoms with van der Waals surface area (Å²) in [5, 5.41) is 8.67. The molecule has 110 valence electrons. The van der Waals surface area contributed by atoms with Crippen molar-refractivity contribution in [3.63, 3.8) is 0 Å². The van der Waals surface area contributed by atoms with Gasteiger partial charge in [0, 0.05) is 6.54 Å². The summed E-state index contributed by atoms with van der Waals surface area (Å²) >= 11 is 6.37. The monoisotopic (exact) mass is 285 g/mol. The minimum Gasteiger partial charge on any atom is -0.311 e. The van der Waals surface area contributed by atoms with Crippen LogP contribution in [0.15, 0.2) is 6.20 Å². The van der Waals surface area contributed by atoms with Crippen molar-refractivity contribution in [2.75, 3.05) is 7.05 Å². The van der Waals surface area contributed by atoms with Crippen LogP contribution in [0.3, 0.4) is 0 Å². The van der Waals surface area contributed by atoms with Gasteiger partial charge in [0.1, 0.15) is 0 Å². The Balaban J connectivity index is 2.96. The number of nitrogens with one attached hydrogen (secondary N) is 1. The maximum Gasteiger partial charge on any atom is 0.0834 e. The SMILES string of the molecule is CCCCC(CC)C(NC)c1c(Cl)cnn1CCC. The molecule has 0 fully saturated rings. The molecule has 1 N–H and O–H groups in total. The predicted octanol–water partition coefficient (Wildman–Crippen LogP) is 4.42. The second-order valence-electron chi connectivity index (χ2n) is 5.18. The van der Waals surface area contributed by atoms with Crippen LogP contribution in [0.25, 0.3) is 0 Å². The van der Waals surface area contributed by atoms with E-state index in [1.54, 1.807) is 6.20 Å². The van der Waals surface area contributed by atoms with Gasteiger partial charge in [-0.05, 0) is 25.8 Å². The first-order valence-corrected chi connectivity index (χ1v) is 7.95.